The summed E-state index contributed by atoms with van der Waals surface area (Å²) in [5.74, 6) is 5.99. The van der Waals surface area contributed by atoms with E-state index in [1.54, 1.807) is 11.1 Å². The first-order valence-electron chi connectivity index (χ1n) is 10.4. The van der Waals surface area contributed by atoms with E-state index in [2.05, 4.69) is 25.1 Å². The average Bonchev–Trinajstić information content (AvgIpc) is 3.46. The van der Waals surface area contributed by atoms with Crippen LogP contribution in [0.5, 0.6) is 5.75 Å². The average molecular weight is 325 g/mol. The van der Waals surface area contributed by atoms with Crippen LogP contribution < -0.4 is 4.74 Å². The second-order valence-electron chi connectivity index (χ2n) is 9.30. The van der Waals surface area contributed by atoms with Crippen molar-refractivity contribution in [3.63, 3.8) is 0 Å². The Morgan fingerprint density at radius 3 is 2.75 bits per heavy atom. The number of methoxy groups -OCH3 is 1. The van der Waals surface area contributed by atoms with Crippen molar-refractivity contribution in [2.75, 3.05) is 7.11 Å². The van der Waals surface area contributed by atoms with Crippen molar-refractivity contribution in [3.05, 3.63) is 29.3 Å². The van der Waals surface area contributed by atoms with Gasteiger partial charge in [-0.2, -0.15) is 0 Å². The normalized spacial score (nSPS) is 38.8. The first-order chi connectivity index (χ1) is 11.7. The van der Waals surface area contributed by atoms with Gasteiger partial charge >= 0.3 is 0 Å². The zero-order valence-corrected chi connectivity index (χ0v) is 15.4. The van der Waals surface area contributed by atoms with Crippen LogP contribution in [0.4, 0.5) is 0 Å². The Bertz CT molecular complexity index is 631. The molecule has 1 aromatic carbocycles. The third-order valence-electron chi connectivity index (χ3n) is 8.44. The highest BCUT2D eigenvalue weighted by molar-refractivity contribution is 5.45. The molecule has 0 amide bonds. The number of fused-ring (bicyclic) bond motifs is 1. The largest absolute Gasteiger partial charge is 0.497 e. The Labute approximate surface area is 147 Å². The van der Waals surface area contributed by atoms with Crippen LogP contribution >= 0.6 is 0 Å². The molecule has 0 radical (unpaired) electrons. The first kappa shape index (κ1) is 15.3. The molecule has 4 aliphatic rings. The predicted octanol–water partition coefficient (Wildman–Crippen LogP) is 5.75. The van der Waals surface area contributed by atoms with E-state index in [1.807, 2.05) is 7.11 Å². The Hall–Kier alpha value is -0.980. The van der Waals surface area contributed by atoms with Gasteiger partial charge in [0.15, 0.2) is 0 Å². The van der Waals surface area contributed by atoms with Crippen LogP contribution in [0.15, 0.2) is 18.2 Å². The third kappa shape index (κ3) is 2.12. The fraction of sp³-hybridized carbons (Fsp3) is 0.739. The van der Waals surface area contributed by atoms with Gasteiger partial charge in [0.2, 0.25) is 0 Å². The Morgan fingerprint density at radius 1 is 1.08 bits per heavy atom. The van der Waals surface area contributed by atoms with Gasteiger partial charge in [0, 0.05) is 0 Å². The zero-order valence-electron chi connectivity index (χ0n) is 15.4. The topological polar surface area (TPSA) is 9.23 Å². The fourth-order valence-electron chi connectivity index (χ4n) is 7.10. The predicted molar refractivity (Wildman–Crippen MR) is 98.4 cm³/mol. The number of hydrogen-bond acceptors (Lipinski definition) is 1. The van der Waals surface area contributed by atoms with Crippen LogP contribution in [-0.2, 0) is 11.8 Å². The monoisotopic (exact) mass is 324 g/mol. The molecule has 1 heteroatoms. The summed E-state index contributed by atoms with van der Waals surface area (Å²) in [4.78, 5) is 0. The van der Waals surface area contributed by atoms with E-state index in [4.69, 9.17) is 4.74 Å². The minimum absolute atomic E-state index is 0.491. The quantitative estimate of drug-likeness (QED) is 0.687. The van der Waals surface area contributed by atoms with Gasteiger partial charge in [-0.3, -0.25) is 0 Å². The molecule has 0 saturated heterocycles. The molecule has 3 saturated carbocycles. The molecule has 0 N–H and O–H groups in total. The maximum atomic E-state index is 5.59. The molecule has 0 aromatic heterocycles. The maximum Gasteiger partial charge on any atom is 0.119 e. The molecule has 1 nitrogen and oxygen atoms in total. The van der Waals surface area contributed by atoms with Crippen molar-refractivity contribution in [1.82, 2.24) is 0 Å². The summed E-state index contributed by atoms with van der Waals surface area (Å²) in [6, 6.07) is 7.01. The molecule has 5 rings (SSSR count). The van der Waals surface area contributed by atoms with Gasteiger partial charge in [0.1, 0.15) is 5.75 Å². The molecule has 1 aromatic rings. The molecule has 0 heterocycles. The summed E-state index contributed by atoms with van der Waals surface area (Å²) in [7, 11) is 1.82. The molecule has 24 heavy (non-hydrogen) atoms. The fourth-order valence-corrected chi connectivity index (χ4v) is 7.10. The Kier molecular flexibility index (Phi) is 3.51. The van der Waals surface area contributed by atoms with Gasteiger partial charge < -0.3 is 4.74 Å². The van der Waals surface area contributed by atoms with Gasteiger partial charge in [-0.1, -0.05) is 25.8 Å². The maximum absolute atomic E-state index is 5.59. The number of hydrogen-bond donors (Lipinski definition) is 0. The lowest BCUT2D eigenvalue weighted by molar-refractivity contribution is -0.0120. The van der Waals surface area contributed by atoms with Crippen LogP contribution in [0.3, 0.4) is 0 Å². The van der Waals surface area contributed by atoms with Gasteiger partial charge in [-0.05, 0) is 103 Å². The first-order valence-corrected chi connectivity index (χ1v) is 10.4. The summed E-state index contributed by atoms with van der Waals surface area (Å²) >= 11 is 0. The van der Waals surface area contributed by atoms with Crippen LogP contribution in [0.2, 0.25) is 0 Å². The third-order valence-corrected chi connectivity index (χ3v) is 8.44. The van der Waals surface area contributed by atoms with Crippen LogP contribution in [0.1, 0.15) is 69.4 Å². The van der Waals surface area contributed by atoms with Crippen LogP contribution in [-0.4, -0.2) is 7.11 Å². The van der Waals surface area contributed by atoms with E-state index >= 15 is 0 Å². The molecule has 0 aliphatic heterocycles. The zero-order chi connectivity index (χ0) is 16.3. The van der Waals surface area contributed by atoms with Crippen LogP contribution in [0, 0.1) is 29.6 Å². The summed E-state index contributed by atoms with van der Waals surface area (Å²) in [5.41, 5.74) is 3.83. The van der Waals surface area contributed by atoms with E-state index in [0.29, 0.717) is 5.41 Å². The highest BCUT2D eigenvalue weighted by atomic mass is 16.5. The lowest BCUT2D eigenvalue weighted by atomic mass is 9.45. The van der Waals surface area contributed by atoms with E-state index < -0.39 is 0 Å². The molecular weight excluding hydrogens is 292 g/mol. The van der Waals surface area contributed by atoms with E-state index in [1.165, 1.54) is 57.8 Å². The van der Waals surface area contributed by atoms with E-state index in [0.717, 1.165) is 35.3 Å². The molecule has 130 valence electrons. The molecule has 4 aliphatic carbocycles. The van der Waals surface area contributed by atoms with Crippen molar-refractivity contribution in [2.45, 2.75) is 70.1 Å². The number of ether oxygens (including phenoxy) is 1. The molecule has 4 unspecified atom stereocenters. The molecular formula is C23H32O. The molecule has 5 atom stereocenters. The summed E-state index contributed by atoms with van der Waals surface area (Å²) in [5, 5.41) is 0. The highest BCUT2D eigenvalue weighted by Crippen LogP contribution is 2.62. The highest BCUT2D eigenvalue weighted by Gasteiger charge is 2.55. The molecule has 0 spiro atoms. The number of benzene rings is 1. The molecule has 3 fully saturated rings. The Balaban J connectivity index is 1.58. The van der Waals surface area contributed by atoms with E-state index in [9.17, 15) is 0 Å². The second kappa shape index (κ2) is 5.51. The van der Waals surface area contributed by atoms with Gasteiger partial charge in [-0.25, -0.2) is 0 Å². The van der Waals surface area contributed by atoms with Crippen molar-refractivity contribution in [3.8, 4) is 5.75 Å². The van der Waals surface area contributed by atoms with Gasteiger partial charge in [0.05, 0.1) is 7.11 Å². The summed E-state index contributed by atoms with van der Waals surface area (Å²) < 4.78 is 5.59. The van der Waals surface area contributed by atoms with Crippen molar-refractivity contribution < 1.29 is 4.74 Å². The van der Waals surface area contributed by atoms with Crippen molar-refractivity contribution in [1.29, 1.82) is 0 Å². The SMILES string of the molecule is COc1ccc2c(c1)C13CCCCC1[C@@H](C2)C(C(C)C1CC1)CC3. The van der Waals surface area contributed by atoms with E-state index in [-0.39, 0.29) is 0 Å². The number of rotatable bonds is 3. The van der Waals surface area contributed by atoms with Crippen molar-refractivity contribution >= 4 is 0 Å². The molecule has 2 bridgehead atoms. The second-order valence-corrected chi connectivity index (χ2v) is 9.30. The Morgan fingerprint density at radius 2 is 1.96 bits per heavy atom. The summed E-state index contributed by atoms with van der Waals surface area (Å²) in [6.07, 6.45) is 13.1. The minimum atomic E-state index is 0.491. The minimum Gasteiger partial charge on any atom is -0.497 e. The summed E-state index contributed by atoms with van der Waals surface area (Å²) in [6.45, 7) is 2.59. The smallest absolute Gasteiger partial charge is 0.119 e. The van der Waals surface area contributed by atoms with Crippen molar-refractivity contribution in [2.24, 2.45) is 29.6 Å². The van der Waals surface area contributed by atoms with Gasteiger partial charge in [0.25, 0.3) is 0 Å². The lowest BCUT2D eigenvalue weighted by Gasteiger charge is -2.59. The lowest BCUT2D eigenvalue weighted by Crippen LogP contribution is -2.53. The van der Waals surface area contributed by atoms with Gasteiger partial charge in [-0.15, -0.1) is 0 Å². The standard InChI is InChI=1S/C23H32O/c1-15(16-6-7-16)19-10-12-23-11-4-3-5-21(23)20(19)13-17-8-9-18(24-2)14-22(17)23/h8-9,14-16,19-21H,3-7,10-13H2,1-2H3/t15?,19?,20-,21?,23?/m0/s1. The van der Waals surface area contributed by atoms with Crippen LogP contribution in [0.25, 0.3) is 0 Å².